The van der Waals surface area contributed by atoms with Crippen molar-refractivity contribution in [2.24, 2.45) is 12.5 Å². The molecule has 230 valence electrons. The number of nitro groups is 1. The normalized spacial score (nSPS) is 20.1. The largest absolute Gasteiger partial charge is 0.490 e. The van der Waals surface area contributed by atoms with Gasteiger partial charge in [-0.25, -0.2) is 4.79 Å². The van der Waals surface area contributed by atoms with Crippen LogP contribution in [0.25, 0.3) is 11.1 Å². The molecule has 2 aromatic rings. The highest BCUT2D eigenvalue weighted by molar-refractivity contribution is 5.82. The van der Waals surface area contributed by atoms with Crippen LogP contribution in [0.2, 0.25) is 0 Å². The van der Waals surface area contributed by atoms with E-state index in [9.17, 15) is 14.9 Å². The molecule has 0 aliphatic carbocycles. The van der Waals surface area contributed by atoms with E-state index >= 15 is 0 Å². The average Bonchev–Trinajstić information content (AvgIpc) is 3.39. The first-order valence-corrected chi connectivity index (χ1v) is 15.0. The van der Waals surface area contributed by atoms with Gasteiger partial charge in [0.2, 0.25) is 0 Å². The molecule has 42 heavy (non-hydrogen) atoms. The molecule has 0 radical (unpaired) electrons. The summed E-state index contributed by atoms with van der Waals surface area (Å²) in [5.41, 5.74) is 2.47. The second-order valence-corrected chi connectivity index (χ2v) is 13.0. The van der Waals surface area contributed by atoms with Crippen molar-refractivity contribution in [1.82, 2.24) is 24.5 Å². The molecule has 1 amide bonds. The van der Waals surface area contributed by atoms with Gasteiger partial charge in [0.05, 0.1) is 24.9 Å². The number of carbonyl (C=O) groups excluding carboxylic acids is 1. The zero-order valence-electron chi connectivity index (χ0n) is 25.7. The van der Waals surface area contributed by atoms with Gasteiger partial charge < -0.3 is 19.3 Å². The Morgan fingerprint density at radius 2 is 1.62 bits per heavy atom. The Labute approximate surface area is 248 Å². The molecule has 0 atom stereocenters. The van der Waals surface area contributed by atoms with Crippen LogP contribution in [0.1, 0.15) is 46.5 Å². The topological polar surface area (TPSA) is 109 Å². The second kappa shape index (κ2) is 12.1. The lowest BCUT2D eigenvalue weighted by Crippen LogP contribution is -2.54. The monoisotopic (exact) mass is 583 g/mol. The first-order chi connectivity index (χ1) is 19.9. The summed E-state index contributed by atoms with van der Waals surface area (Å²) in [7, 11) is 3.33. The summed E-state index contributed by atoms with van der Waals surface area (Å²) >= 11 is 0. The molecule has 3 fully saturated rings. The van der Waals surface area contributed by atoms with E-state index in [1.165, 1.54) is 20.0 Å². The fourth-order valence-corrected chi connectivity index (χ4v) is 6.49. The molecule has 0 N–H and O–H groups in total. The second-order valence-electron chi connectivity index (χ2n) is 13.0. The molecular weight excluding hydrogens is 538 g/mol. The predicted molar refractivity (Wildman–Crippen MR) is 161 cm³/mol. The van der Waals surface area contributed by atoms with Crippen LogP contribution in [0.4, 0.5) is 16.2 Å². The van der Waals surface area contributed by atoms with E-state index in [2.05, 4.69) is 19.8 Å². The van der Waals surface area contributed by atoms with E-state index in [1.54, 1.807) is 16.9 Å². The quantitative estimate of drug-likeness (QED) is 0.365. The number of rotatable bonds is 6. The van der Waals surface area contributed by atoms with Crippen molar-refractivity contribution in [3.8, 4) is 16.9 Å². The maximum Gasteiger partial charge on any atom is 0.410 e. The number of ether oxygens (including phenoxy) is 2. The van der Waals surface area contributed by atoms with Gasteiger partial charge in [0.1, 0.15) is 5.60 Å². The van der Waals surface area contributed by atoms with Crippen molar-refractivity contribution >= 4 is 17.5 Å². The third kappa shape index (κ3) is 6.81. The van der Waals surface area contributed by atoms with Gasteiger partial charge in [-0.1, -0.05) is 0 Å². The van der Waals surface area contributed by atoms with Crippen LogP contribution < -0.4 is 9.64 Å². The number of aryl methyl sites for hydroxylation is 1. The molecule has 1 aromatic carbocycles. The van der Waals surface area contributed by atoms with E-state index in [0.717, 1.165) is 75.6 Å². The fourth-order valence-electron chi connectivity index (χ4n) is 6.49. The summed E-state index contributed by atoms with van der Waals surface area (Å²) in [4.78, 5) is 33.0. The van der Waals surface area contributed by atoms with Crippen molar-refractivity contribution in [3.63, 3.8) is 0 Å². The molecule has 3 aliphatic heterocycles. The Morgan fingerprint density at radius 3 is 2.17 bits per heavy atom. The third-order valence-electron chi connectivity index (χ3n) is 9.02. The summed E-state index contributed by atoms with van der Waals surface area (Å²) in [6.07, 6.45) is 7.99. The number of benzene rings is 1. The Hall–Kier alpha value is -3.38. The first kappa shape index (κ1) is 30.1. The van der Waals surface area contributed by atoms with Crippen molar-refractivity contribution in [3.05, 3.63) is 34.6 Å². The van der Waals surface area contributed by atoms with Crippen LogP contribution in [0.15, 0.2) is 24.5 Å². The number of hydrogen-bond acceptors (Lipinski definition) is 9. The molecule has 12 nitrogen and oxygen atoms in total. The van der Waals surface area contributed by atoms with Crippen LogP contribution >= 0.6 is 0 Å². The maximum absolute atomic E-state index is 12.4. The van der Waals surface area contributed by atoms with Crippen LogP contribution in [0.5, 0.6) is 5.75 Å². The number of aromatic nitrogens is 2. The van der Waals surface area contributed by atoms with Gasteiger partial charge in [-0.2, -0.15) is 5.10 Å². The smallest absolute Gasteiger partial charge is 0.410 e. The van der Waals surface area contributed by atoms with Gasteiger partial charge in [0.15, 0.2) is 5.75 Å². The molecule has 0 bridgehead atoms. The van der Waals surface area contributed by atoms with Crippen LogP contribution in [0.3, 0.4) is 0 Å². The lowest BCUT2D eigenvalue weighted by molar-refractivity contribution is -0.385. The molecule has 3 saturated heterocycles. The zero-order valence-corrected chi connectivity index (χ0v) is 25.7. The van der Waals surface area contributed by atoms with E-state index in [1.807, 2.05) is 45.0 Å². The Morgan fingerprint density at radius 1 is 1.00 bits per heavy atom. The molecule has 12 heteroatoms. The fraction of sp³-hybridized carbons (Fsp3) is 0.667. The molecule has 5 rings (SSSR count). The number of carbonyl (C=O) groups is 1. The van der Waals surface area contributed by atoms with Crippen LogP contribution in [-0.4, -0.2) is 107 Å². The van der Waals surface area contributed by atoms with E-state index in [4.69, 9.17) is 9.47 Å². The van der Waals surface area contributed by atoms with Crippen molar-refractivity contribution in [1.29, 1.82) is 0 Å². The number of amides is 1. The van der Waals surface area contributed by atoms with Crippen molar-refractivity contribution in [2.45, 2.75) is 52.1 Å². The average molecular weight is 584 g/mol. The van der Waals surface area contributed by atoms with Crippen LogP contribution in [0, 0.1) is 15.5 Å². The molecule has 0 saturated carbocycles. The molecule has 0 unspecified atom stereocenters. The molecule has 4 heterocycles. The van der Waals surface area contributed by atoms with Gasteiger partial charge in [-0.05, 0) is 65.0 Å². The summed E-state index contributed by atoms with van der Waals surface area (Å²) in [5, 5.41) is 16.1. The van der Waals surface area contributed by atoms with Crippen molar-refractivity contribution < 1.29 is 19.2 Å². The van der Waals surface area contributed by atoms with Crippen LogP contribution in [-0.2, 0) is 11.8 Å². The van der Waals surface area contributed by atoms with Crippen molar-refractivity contribution in [2.75, 3.05) is 71.0 Å². The summed E-state index contributed by atoms with van der Waals surface area (Å²) in [6, 6.07) is 3.45. The highest BCUT2D eigenvalue weighted by Gasteiger charge is 2.39. The number of nitrogens with zero attached hydrogens (tertiary/aromatic N) is 7. The van der Waals surface area contributed by atoms with Gasteiger partial charge in [0.25, 0.3) is 0 Å². The standard InChI is InChI=1S/C30H45N7O5/c1-29(2,3)42-28(38)36-16-14-34(15-17-36)22-33-10-6-30(7-11-33)8-12-35(13-9-30)25-19-27(41-5)26(37(39)40)18-24(25)23-20-31-32(4)21-23/h18-21H,6-17,22H2,1-5H3. The number of likely N-dealkylation sites (tertiary alicyclic amines) is 1. The molecule has 1 spiro atoms. The lowest BCUT2D eigenvalue weighted by Gasteiger charge is -2.48. The molecule has 3 aliphatic rings. The maximum atomic E-state index is 12.4. The van der Waals surface area contributed by atoms with Gasteiger partial charge in [-0.3, -0.25) is 24.6 Å². The number of hydrogen-bond donors (Lipinski definition) is 0. The number of piperidine rings is 2. The Bertz CT molecular complexity index is 1260. The Balaban J connectivity index is 1.16. The SMILES string of the molecule is COc1cc(N2CCC3(CCN(CN4CCN(C(=O)OC(C)(C)C)CC4)CC3)CC2)c(-c2cnn(C)c2)cc1[N+](=O)[O-]. The summed E-state index contributed by atoms with van der Waals surface area (Å²) in [5.74, 6) is 0.281. The molecule has 1 aromatic heterocycles. The lowest BCUT2D eigenvalue weighted by atomic mass is 9.71. The van der Waals surface area contributed by atoms with Gasteiger partial charge in [-0.15, -0.1) is 0 Å². The minimum Gasteiger partial charge on any atom is -0.490 e. The van der Waals surface area contributed by atoms with Gasteiger partial charge in [0, 0.05) is 81.5 Å². The summed E-state index contributed by atoms with van der Waals surface area (Å²) < 4.78 is 12.7. The highest BCUT2D eigenvalue weighted by atomic mass is 16.6. The number of piperazine rings is 1. The number of methoxy groups -OCH3 is 1. The number of anilines is 1. The van der Waals surface area contributed by atoms with E-state index < -0.39 is 5.60 Å². The third-order valence-corrected chi connectivity index (χ3v) is 9.02. The first-order valence-electron chi connectivity index (χ1n) is 15.0. The minimum atomic E-state index is -0.468. The highest BCUT2D eigenvalue weighted by Crippen LogP contribution is 2.46. The zero-order chi connectivity index (χ0) is 30.1. The van der Waals surface area contributed by atoms with Gasteiger partial charge >= 0.3 is 11.8 Å². The minimum absolute atomic E-state index is 0.0350. The Kier molecular flexibility index (Phi) is 8.66. The van der Waals surface area contributed by atoms with E-state index in [0.29, 0.717) is 18.5 Å². The molecular formula is C30H45N7O5. The summed E-state index contributed by atoms with van der Waals surface area (Å²) in [6.45, 7) is 13.8. The predicted octanol–water partition coefficient (Wildman–Crippen LogP) is 4.20. The number of nitro benzene ring substituents is 1. The van der Waals surface area contributed by atoms with E-state index in [-0.39, 0.29) is 22.5 Å².